The highest BCUT2D eigenvalue weighted by Crippen LogP contribution is 2.46. The van der Waals surface area contributed by atoms with Crippen LogP contribution in [0.25, 0.3) is 44.5 Å². The zero-order chi connectivity index (χ0) is 29.7. The maximum absolute atomic E-state index is 6.79. The number of nitrogens with zero attached hydrogens (tertiary/aromatic N) is 1. The van der Waals surface area contributed by atoms with Gasteiger partial charge >= 0.3 is 0 Å². The highest BCUT2D eigenvalue weighted by atomic mass is 15.1. The molecule has 0 aromatic heterocycles. The van der Waals surface area contributed by atoms with Crippen molar-refractivity contribution in [2.24, 2.45) is 0 Å². The van der Waals surface area contributed by atoms with E-state index in [1.807, 2.05) is 18.2 Å². The molecule has 0 aliphatic heterocycles. The summed E-state index contributed by atoms with van der Waals surface area (Å²) in [6.07, 6.45) is 0. The van der Waals surface area contributed by atoms with Gasteiger partial charge in [-0.15, -0.1) is 0 Å². The van der Waals surface area contributed by atoms with Crippen molar-refractivity contribution in [3.05, 3.63) is 182 Å². The van der Waals surface area contributed by atoms with Crippen LogP contribution in [0, 0.1) is 0 Å². The van der Waals surface area contributed by atoms with E-state index >= 15 is 0 Å². The van der Waals surface area contributed by atoms with Crippen LogP contribution in [0.15, 0.2) is 182 Å². The number of para-hydroxylation sites is 1. The van der Waals surface area contributed by atoms with Crippen molar-refractivity contribution in [2.75, 3.05) is 10.6 Å². The Morgan fingerprint density at radius 1 is 0.318 bits per heavy atom. The summed E-state index contributed by atoms with van der Waals surface area (Å²) in [5, 5.41) is 0. The molecule has 2 heteroatoms. The van der Waals surface area contributed by atoms with Crippen molar-refractivity contribution in [3.63, 3.8) is 0 Å². The second-order valence-corrected chi connectivity index (χ2v) is 10.8. The monoisotopic (exact) mass is 564 g/mol. The van der Waals surface area contributed by atoms with Gasteiger partial charge in [0.05, 0.1) is 5.69 Å². The van der Waals surface area contributed by atoms with Crippen molar-refractivity contribution in [1.29, 1.82) is 0 Å². The van der Waals surface area contributed by atoms with Crippen molar-refractivity contribution in [3.8, 4) is 44.5 Å². The Bertz CT molecular complexity index is 1900. The normalized spacial score (nSPS) is 10.8. The van der Waals surface area contributed by atoms with Crippen LogP contribution in [0.1, 0.15) is 0 Å². The lowest BCUT2D eigenvalue weighted by Gasteiger charge is -2.29. The van der Waals surface area contributed by atoms with Gasteiger partial charge in [0, 0.05) is 28.2 Å². The molecule has 2 N–H and O–H groups in total. The van der Waals surface area contributed by atoms with Crippen LogP contribution in [-0.2, 0) is 0 Å². The van der Waals surface area contributed by atoms with E-state index in [-0.39, 0.29) is 0 Å². The largest absolute Gasteiger partial charge is 0.398 e. The first-order valence-corrected chi connectivity index (χ1v) is 14.9. The van der Waals surface area contributed by atoms with Crippen LogP contribution in [0.4, 0.5) is 22.7 Å². The molecule has 0 aliphatic rings. The minimum Gasteiger partial charge on any atom is -0.398 e. The van der Waals surface area contributed by atoms with E-state index < -0.39 is 0 Å². The van der Waals surface area contributed by atoms with E-state index in [9.17, 15) is 0 Å². The lowest BCUT2D eigenvalue weighted by molar-refractivity contribution is 1.28. The highest BCUT2D eigenvalue weighted by molar-refractivity contribution is 5.98. The Labute approximate surface area is 259 Å². The van der Waals surface area contributed by atoms with Crippen LogP contribution in [0.2, 0.25) is 0 Å². The fraction of sp³-hybridized carbons (Fsp3) is 0. The summed E-state index contributed by atoms with van der Waals surface area (Å²) < 4.78 is 0. The molecule has 210 valence electrons. The number of anilines is 4. The predicted octanol–water partition coefficient (Wildman–Crippen LogP) is 11.4. The van der Waals surface area contributed by atoms with E-state index in [1.165, 1.54) is 22.3 Å². The molecule has 0 unspecified atom stereocenters. The van der Waals surface area contributed by atoms with Crippen LogP contribution < -0.4 is 10.6 Å². The third-order valence-corrected chi connectivity index (χ3v) is 8.06. The molecule has 0 saturated heterocycles. The Kier molecular flexibility index (Phi) is 7.47. The quantitative estimate of drug-likeness (QED) is 0.195. The van der Waals surface area contributed by atoms with E-state index in [1.54, 1.807) is 0 Å². The molecule has 7 aromatic rings. The fourth-order valence-corrected chi connectivity index (χ4v) is 5.90. The minimum atomic E-state index is 0.748. The molecule has 0 bridgehead atoms. The number of benzene rings is 7. The molecule has 0 radical (unpaired) electrons. The van der Waals surface area contributed by atoms with Crippen LogP contribution >= 0.6 is 0 Å². The molecule has 0 amide bonds. The third-order valence-electron chi connectivity index (χ3n) is 8.06. The zero-order valence-electron chi connectivity index (χ0n) is 24.3. The molecule has 7 aromatic carbocycles. The summed E-state index contributed by atoms with van der Waals surface area (Å²) in [5.41, 5.74) is 19.8. The number of hydrogen-bond acceptors (Lipinski definition) is 2. The Hall–Kier alpha value is -5.86. The number of nitrogen functional groups attached to an aromatic ring is 1. The molecule has 0 heterocycles. The van der Waals surface area contributed by atoms with E-state index in [0.29, 0.717) is 0 Å². The van der Waals surface area contributed by atoms with Gasteiger partial charge in [-0.25, -0.2) is 0 Å². The number of hydrogen-bond donors (Lipinski definition) is 1. The second-order valence-electron chi connectivity index (χ2n) is 10.8. The molecule has 0 saturated carbocycles. The number of rotatable bonds is 7. The van der Waals surface area contributed by atoms with Gasteiger partial charge in [-0.1, -0.05) is 146 Å². The first kappa shape index (κ1) is 27.0. The summed E-state index contributed by atoms with van der Waals surface area (Å²) >= 11 is 0. The van der Waals surface area contributed by atoms with Gasteiger partial charge in [-0.05, 0) is 69.8 Å². The van der Waals surface area contributed by atoms with Crippen molar-refractivity contribution < 1.29 is 0 Å². The predicted molar refractivity (Wildman–Crippen MR) is 187 cm³/mol. The molecule has 7 rings (SSSR count). The maximum Gasteiger partial charge on any atom is 0.0541 e. The maximum atomic E-state index is 6.79. The Morgan fingerprint density at radius 3 is 1.25 bits per heavy atom. The zero-order valence-corrected chi connectivity index (χ0v) is 24.3. The molecule has 44 heavy (non-hydrogen) atoms. The van der Waals surface area contributed by atoms with Gasteiger partial charge in [0.2, 0.25) is 0 Å². The van der Waals surface area contributed by atoms with Gasteiger partial charge in [-0.3, -0.25) is 0 Å². The summed E-state index contributed by atoms with van der Waals surface area (Å²) in [5.74, 6) is 0. The SMILES string of the molecule is Nc1cccc(-c2ccccc2)c1-c1ccccc1N(c1ccc(-c2ccccc2)cc1)c1ccc(-c2ccccc2)cc1. The first-order valence-electron chi connectivity index (χ1n) is 14.9. The van der Waals surface area contributed by atoms with E-state index in [2.05, 4.69) is 169 Å². The van der Waals surface area contributed by atoms with Crippen molar-refractivity contribution >= 4 is 22.7 Å². The third kappa shape index (κ3) is 5.37. The molecular weight excluding hydrogens is 532 g/mol. The smallest absolute Gasteiger partial charge is 0.0541 e. The Morgan fingerprint density at radius 2 is 0.727 bits per heavy atom. The molecule has 0 aliphatic carbocycles. The summed E-state index contributed by atoms with van der Waals surface area (Å²) in [7, 11) is 0. The average Bonchev–Trinajstić information content (AvgIpc) is 3.10. The van der Waals surface area contributed by atoms with Crippen LogP contribution in [-0.4, -0.2) is 0 Å². The van der Waals surface area contributed by atoms with Gasteiger partial charge < -0.3 is 10.6 Å². The van der Waals surface area contributed by atoms with Crippen molar-refractivity contribution in [1.82, 2.24) is 0 Å². The minimum absolute atomic E-state index is 0.748. The van der Waals surface area contributed by atoms with Gasteiger partial charge in [0.15, 0.2) is 0 Å². The summed E-state index contributed by atoms with van der Waals surface area (Å²) in [6, 6.07) is 63.8. The summed E-state index contributed by atoms with van der Waals surface area (Å²) in [6.45, 7) is 0. The van der Waals surface area contributed by atoms with Gasteiger partial charge in [0.25, 0.3) is 0 Å². The molecule has 0 fully saturated rings. The molecule has 2 nitrogen and oxygen atoms in total. The highest BCUT2D eigenvalue weighted by Gasteiger charge is 2.20. The van der Waals surface area contributed by atoms with E-state index in [0.717, 1.165) is 45.0 Å². The van der Waals surface area contributed by atoms with Gasteiger partial charge in [-0.2, -0.15) is 0 Å². The topological polar surface area (TPSA) is 29.3 Å². The summed E-state index contributed by atoms with van der Waals surface area (Å²) in [4.78, 5) is 2.33. The lowest BCUT2D eigenvalue weighted by Crippen LogP contribution is -2.11. The van der Waals surface area contributed by atoms with Gasteiger partial charge in [0.1, 0.15) is 0 Å². The fourth-order valence-electron chi connectivity index (χ4n) is 5.90. The van der Waals surface area contributed by atoms with E-state index in [4.69, 9.17) is 5.73 Å². The lowest BCUT2D eigenvalue weighted by atomic mass is 9.91. The standard InChI is InChI=1S/C42H32N2/c43-40-21-12-20-38(35-17-8-3-9-18-35)42(40)39-19-10-11-22-41(39)44(36-27-23-33(24-28-36)31-13-4-1-5-14-31)37-29-25-34(26-30-37)32-15-6-2-7-16-32/h1-30H,43H2. The Balaban J connectivity index is 1.40. The molecular formula is C42H32N2. The van der Waals surface area contributed by atoms with Crippen LogP contribution in [0.3, 0.4) is 0 Å². The second kappa shape index (κ2) is 12.2. The van der Waals surface area contributed by atoms with Crippen molar-refractivity contribution in [2.45, 2.75) is 0 Å². The first-order chi connectivity index (χ1) is 21.8. The molecule has 0 atom stereocenters. The van der Waals surface area contributed by atoms with Crippen LogP contribution in [0.5, 0.6) is 0 Å². The molecule has 0 spiro atoms. The average molecular weight is 565 g/mol. The number of nitrogens with two attached hydrogens (primary N) is 1.